The Hall–Kier alpha value is -0.570. The molecule has 3 atom stereocenters. The van der Waals surface area contributed by atoms with Crippen molar-refractivity contribution in [2.45, 2.75) is 37.8 Å². The van der Waals surface area contributed by atoms with E-state index < -0.39 is 0 Å². The highest BCUT2D eigenvalue weighted by Crippen LogP contribution is 2.33. The molecular weight excluding hydrogens is 142 g/mol. The molecule has 3 nitrogen and oxygen atoms in total. The third-order valence-electron chi connectivity index (χ3n) is 2.75. The molecule has 1 saturated carbocycles. The first-order valence-corrected chi connectivity index (χ1v) is 4.25. The molecule has 0 aromatic heterocycles. The fourth-order valence-electron chi connectivity index (χ4n) is 2.09. The van der Waals surface area contributed by atoms with E-state index in [0.717, 1.165) is 12.8 Å². The molecule has 2 aliphatic rings. The van der Waals surface area contributed by atoms with Gasteiger partial charge in [-0.25, -0.2) is 0 Å². The lowest BCUT2D eigenvalue weighted by atomic mass is 9.84. The molecule has 0 amide bonds. The Bertz CT molecular complexity index is 181. The molecule has 2 rings (SSSR count). The summed E-state index contributed by atoms with van der Waals surface area (Å²) in [6.45, 7) is 0. The number of nitrogens with two attached hydrogens (primary N) is 1. The van der Waals surface area contributed by atoms with E-state index in [1.807, 2.05) is 0 Å². The highest BCUT2D eigenvalue weighted by molar-refractivity contribution is 5.78. The Kier molecular flexibility index (Phi) is 1.60. The Labute approximate surface area is 65.9 Å². The van der Waals surface area contributed by atoms with E-state index >= 15 is 0 Å². The van der Waals surface area contributed by atoms with Crippen molar-refractivity contribution in [3.8, 4) is 0 Å². The van der Waals surface area contributed by atoms with E-state index in [1.165, 1.54) is 12.8 Å². The smallest absolute Gasteiger partial charge is 0.323 e. The standard InChI is InChI=1S/C8H13NO2/c9-7-5-3-1-2-4-6(5)11-8(7)10/h5-7H,1-4,9H2/t5-,6+,7+/m1/s1. The summed E-state index contributed by atoms with van der Waals surface area (Å²) in [4.78, 5) is 11.0. The number of carbonyl (C=O) groups is 1. The summed E-state index contributed by atoms with van der Waals surface area (Å²) in [7, 11) is 0. The molecule has 11 heavy (non-hydrogen) atoms. The van der Waals surface area contributed by atoms with Gasteiger partial charge in [0, 0.05) is 5.92 Å². The van der Waals surface area contributed by atoms with E-state index in [0.29, 0.717) is 5.92 Å². The van der Waals surface area contributed by atoms with Crippen molar-refractivity contribution in [2.75, 3.05) is 0 Å². The van der Waals surface area contributed by atoms with Crippen LogP contribution in [0.4, 0.5) is 0 Å². The Morgan fingerprint density at radius 2 is 2.09 bits per heavy atom. The van der Waals surface area contributed by atoms with Crippen LogP contribution in [0.25, 0.3) is 0 Å². The third kappa shape index (κ3) is 1.03. The number of ether oxygens (including phenoxy) is 1. The van der Waals surface area contributed by atoms with E-state index in [1.54, 1.807) is 0 Å². The molecule has 1 heterocycles. The molecule has 1 saturated heterocycles. The first-order valence-electron chi connectivity index (χ1n) is 4.25. The largest absolute Gasteiger partial charge is 0.461 e. The summed E-state index contributed by atoms with van der Waals surface area (Å²) in [6, 6.07) is -0.333. The summed E-state index contributed by atoms with van der Waals surface area (Å²) in [6.07, 6.45) is 4.61. The molecule has 0 unspecified atom stereocenters. The molecule has 0 aromatic rings. The van der Waals surface area contributed by atoms with Gasteiger partial charge in [-0.05, 0) is 19.3 Å². The molecule has 3 heteroatoms. The predicted molar refractivity (Wildman–Crippen MR) is 39.8 cm³/mol. The van der Waals surface area contributed by atoms with Crippen LogP contribution in [0.5, 0.6) is 0 Å². The van der Waals surface area contributed by atoms with Gasteiger partial charge in [-0.2, -0.15) is 0 Å². The molecule has 0 aromatic carbocycles. The molecule has 0 spiro atoms. The Balaban J connectivity index is 2.11. The van der Waals surface area contributed by atoms with Crippen LogP contribution in [-0.4, -0.2) is 18.1 Å². The van der Waals surface area contributed by atoms with E-state index in [9.17, 15) is 4.79 Å². The van der Waals surface area contributed by atoms with E-state index in [-0.39, 0.29) is 18.1 Å². The summed E-state index contributed by atoms with van der Waals surface area (Å²) >= 11 is 0. The molecule has 62 valence electrons. The van der Waals surface area contributed by atoms with Crippen molar-refractivity contribution in [1.82, 2.24) is 0 Å². The lowest BCUT2D eigenvalue weighted by Crippen LogP contribution is -2.35. The van der Waals surface area contributed by atoms with Crippen LogP contribution in [0.2, 0.25) is 0 Å². The number of esters is 1. The maximum absolute atomic E-state index is 11.0. The van der Waals surface area contributed by atoms with Crippen molar-refractivity contribution >= 4 is 5.97 Å². The zero-order valence-corrected chi connectivity index (χ0v) is 6.45. The van der Waals surface area contributed by atoms with Crippen LogP contribution in [0.3, 0.4) is 0 Å². The van der Waals surface area contributed by atoms with E-state index in [2.05, 4.69) is 0 Å². The van der Waals surface area contributed by atoms with Gasteiger partial charge in [0.2, 0.25) is 0 Å². The van der Waals surface area contributed by atoms with Crippen molar-refractivity contribution in [3.63, 3.8) is 0 Å². The minimum atomic E-state index is -0.333. The molecule has 1 aliphatic carbocycles. The summed E-state index contributed by atoms with van der Waals surface area (Å²) in [5.41, 5.74) is 5.66. The van der Waals surface area contributed by atoms with Crippen molar-refractivity contribution in [1.29, 1.82) is 0 Å². The Morgan fingerprint density at radius 3 is 2.82 bits per heavy atom. The number of hydrogen-bond acceptors (Lipinski definition) is 3. The number of hydrogen-bond donors (Lipinski definition) is 1. The highest BCUT2D eigenvalue weighted by atomic mass is 16.6. The Morgan fingerprint density at radius 1 is 1.36 bits per heavy atom. The topological polar surface area (TPSA) is 52.3 Å². The van der Waals surface area contributed by atoms with E-state index in [4.69, 9.17) is 10.5 Å². The lowest BCUT2D eigenvalue weighted by molar-refractivity contribution is -0.142. The van der Waals surface area contributed by atoms with Gasteiger partial charge in [0.05, 0.1) is 0 Å². The second-order valence-corrected chi connectivity index (χ2v) is 3.45. The first-order chi connectivity index (χ1) is 5.29. The van der Waals surface area contributed by atoms with Crippen LogP contribution >= 0.6 is 0 Å². The van der Waals surface area contributed by atoms with Crippen molar-refractivity contribution in [2.24, 2.45) is 11.7 Å². The number of rotatable bonds is 0. The first kappa shape index (κ1) is 7.10. The fraction of sp³-hybridized carbons (Fsp3) is 0.875. The second-order valence-electron chi connectivity index (χ2n) is 3.45. The molecule has 1 aliphatic heterocycles. The molecular formula is C8H13NO2. The zero-order valence-electron chi connectivity index (χ0n) is 6.45. The van der Waals surface area contributed by atoms with Gasteiger partial charge < -0.3 is 10.5 Å². The maximum Gasteiger partial charge on any atom is 0.323 e. The summed E-state index contributed by atoms with van der Waals surface area (Å²) < 4.78 is 5.11. The summed E-state index contributed by atoms with van der Waals surface area (Å²) in [5.74, 6) is 0.123. The number of carbonyl (C=O) groups excluding carboxylic acids is 1. The average Bonchev–Trinajstić information content (AvgIpc) is 2.30. The normalized spacial score (nSPS) is 43.4. The van der Waals surface area contributed by atoms with Gasteiger partial charge in [0.25, 0.3) is 0 Å². The lowest BCUT2D eigenvalue weighted by Gasteiger charge is -2.23. The third-order valence-corrected chi connectivity index (χ3v) is 2.75. The molecule has 2 fully saturated rings. The average molecular weight is 155 g/mol. The van der Waals surface area contributed by atoms with Gasteiger partial charge in [-0.3, -0.25) is 4.79 Å². The minimum Gasteiger partial charge on any atom is -0.461 e. The van der Waals surface area contributed by atoms with Gasteiger partial charge in [0.1, 0.15) is 12.1 Å². The second kappa shape index (κ2) is 2.48. The highest BCUT2D eigenvalue weighted by Gasteiger charge is 2.43. The summed E-state index contributed by atoms with van der Waals surface area (Å²) in [5, 5.41) is 0. The molecule has 2 N–H and O–H groups in total. The maximum atomic E-state index is 11.0. The SMILES string of the molecule is N[C@@H]1C(=O)O[C@H]2CCCC[C@H]21. The van der Waals surface area contributed by atoms with Gasteiger partial charge in [-0.15, -0.1) is 0 Å². The van der Waals surface area contributed by atoms with Gasteiger partial charge >= 0.3 is 5.97 Å². The van der Waals surface area contributed by atoms with Crippen LogP contribution in [0.15, 0.2) is 0 Å². The van der Waals surface area contributed by atoms with Crippen LogP contribution in [0, 0.1) is 5.92 Å². The number of fused-ring (bicyclic) bond motifs is 1. The zero-order chi connectivity index (χ0) is 7.84. The predicted octanol–water partition coefficient (Wildman–Crippen LogP) is 0.429. The molecule has 0 radical (unpaired) electrons. The van der Waals surface area contributed by atoms with Gasteiger partial charge in [0.15, 0.2) is 0 Å². The fourth-order valence-corrected chi connectivity index (χ4v) is 2.09. The quantitative estimate of drug-likeness (QED) is 0.516. The monoisotopic (exact) mass is 155 g/mol. The van der Waals surface area contributed by atoms with Gasteiger partial charge in [-0.1, -0.05) is 6.42 Å². The van der Waals surface area contributed by atoms with Crippen LogP contribution in [-0.2, 0) is 9.53 Å². The molecule has 0 bridgehead atoms. The van der Waals surface area contributed by atoms with Crippen molar-refractivity contribution in [3.05, 3.63) is 0 Å². The minimum absolute atomic E-state index is 0.145. The van der Waals surface area contributed by atoms with Crippen LogP contribution < -0.4 is 5.73 Å². The van der Waals surface area contributed by atoms with Crippen molar-refractivity contribution < 1.29 is 9.53 Å². The van der Waals surface area contributed by atoms with Crippen LogP contribution in [0.1, 0.15) is 25.7 Å².